The molecule has 3 N–H and O–H groups in total. The number of anilines is 1. The second-order valence-electron chi connectivity index (χ2n) is 15.3. The first-order chi connectivity index (χ1) is 22.2. The second-order valence-corrected chi connectivity index (χ2v) is 15.7. The molecule has 4 fully saturated rings. The highest BCUT2D eigenvalue weighted by atomic mass is 35.5. The fourth-order valence-electron chi connectivity index (χ4n) is 7.26. The van der Waals surface area contributed by atoms with Gasteiger partial charge in [0.25, 0.3) is 5.91 Å². The normalized spacial score (nSPS) is 25.4. The van der Waals surface area contributed by atoms with Crippen molar-refractivity contribution >= 4 is 46.9 Å². The number of esters is 1. The fourth-order valence-corrected chi connectivity index (χ4v) is 7.44. The number of likely N-dealkylation sites (tertiary alicyclic amines) is 1. The predicted molar refractivity (Wildman–Crippen MR) is 176 cm³/mol. The molecule has 1 aromatic carbocycles. The van der Waals surface area contributed by atoms with E-state index in [1.54, 1.807) is 29.2 Å². The molecule has 2 saturated carbocycles. The summed E-state index contributed by atoms with van der Waals surface area (Å²) in [6.07, 6.45) is 4.86. The van der Waals surface area contributed by atoms with Crippen LogP contribution in [0.1, 0.15) is 91.9 Å². The molecule has 0 radical (unpaired) electrons. The molecule has 2 aliphatic carbocycles. The van der Waals surface area contributed by atoms with Crippen molar-refractivity contribution in [3.8, 4) is 0 Å². The van der Waals surface area contributed by atoms with Crippen molar-refractivity contribution < 1.29 is 33.8 Å². The molecule has 258 valence electrons. The summed E-state index contributed by atoms with van der Waals surface area (Å²) >= 11 is 6.22. The Morgan fingerprint density at radius 2 is 1.79 bits per heavy atom. The Morgan fingerprint density at radius 3 is 2.43 bits per heavy atom. The van der Waals surface area contributed by atoms with Crippen molar-refractivity contribution in [2.45, 2.75) is 122 Å². The first-order valence-corrected chi connectivity index (χ1v) is 17.4. The van der Waals surface area contributed by atoms with E-state index in [2.05, 4.69) is 10.6 Å². The first-order valence-electron chi connectivity index (χ1n) is 17.0. The average molecular weight is 673 g/mol. The van der Waals surface area contributed by atoms with E-state index in [-0.39, 0.29) is 49.7 Å². The first kappa shape index (κ1) is 35.1. The lowest BCUT2D eigenvalue weighted by molar-refractivity contribution is -0.165. The molecule has 1 spiro atoms. The molecule has 5 rings (SSSR count). The van der Waals surface area contributed by atoms with Crippen LogP contribution in [0.3, 0.4) is 0 Å². The third-order valence-electron chi connectivity index (χ3n) is 10.1. The minimum Gasteiger partial charge on any atom is -0.458 e. The van der Waals surface area contributed by atoms with Crippen LogP contribution in [0, 0.1) is 16.7 Å². The summed E-state index contributed by atoms with van der Waals surface area (Å²) in [5.74, 6) is -1.88. The van der Waals surface area contributed by atoms with E-state index < -0.39 is 52.9 Å². The van der Waals surface area contributed by atoms with Gasteiger partial charge in [-0.05, 0) is 68.6 Å². The molecule has 0 bridgehead atoms. The van der Waals surface area contributed by atoms with E-state index in [4.69, 9.17) is 16.3 Å². The van der Waals surface area contributed by atoms with E-state index in [1.807, 2.05) is 20.8 Å². The summed E-state index contributed by atoms with van der Waals surface area (Å²) in [6, 6.07) is 4.98. The number of carbonyl (C=O) groups is 5. The number of carbonyl (C=O) groups excluding carboxylic acids is 5. The topological polar surface area (TPSA) is 145 Å². The Morgan fingerprint density at radius 1 is 1.09 bits per heavy atom. The molecule has 2 aliphatic heterocycles. The quantitative estimate of drug-likeness (QED) is 0.321. The van der Waals surface area contributed by atoms with Gasteiger partial charge in [-0.3, -0.25) is 19.2 Å². The monoisotopic (exact) mass is 672 g/mol. The molecule has 11 nitrogen and oxygen atoms in total. The van der Waals surface area contributed by atoms with Gasteiger partial charge in [-0.25, -0.2) is 4.79 Å². The molecule has 47 heavy (non-hydrogen) atoms. The van der Waals surface area contributed by atoms with Crippen molar-refractivity contribution in [2.75, 3.05) is 18.0 Å². The van der Waals surface area contributed by atoms with Crippen LogP contribution in [0.4, 0.5) is 5.69 Å². The molecule has 4 amide bonds. The molecule has 12 heteroatoms. The van der Waals surface area contributed by atoms with Gasteiger partial charge in [0.05, 0.1) is 0 Å². The standard InChI is InChI=1S/C35H49ClN4O7/c1-21(29(43)31(44)37-24-13-14-24)47-33(46)26-17-35(18-28(42)39(19-35)25-12-8-11-23(36)16-25)20-40(26)32(45)30(34(2,3)4)38-27(41)15-22-9-6-5-7-10-22/h8,11-12,16,21-22,24,26,29-30,43H,5-7,9-10,13-15,17-20H2,1-4H3,(H,37,44)(H,38,41)/t21-,26?,29?,30?,35-/m0/s1. The molecule has 0 aromatic heterocycles. The van der Waals surface area contributed by atoms with Crippen LogP contribution in [0.2, 0.25) is 5.02 Å². The zero-order valence-electron chi connectivity index (χ0n) is 27.9. The van der Waals surface area contributed by atoms with Gasteiger partial charge < -0.3 is 30.3 Å². The number of aliphatic hydroxyl groups is 1. The molecule has 2 heterocycles. The third-order valence-corrected chi connectivity index (χ3v) is 10.3. The van der Waals surface area contributed by atoms with Gasteiger partial charge in [-0.1, -0.05) is 57.7 Å². The Labute approximate surface area is 282 Å². The number of amides is 4. The molecular formula is C35H49ClN4O7. The maximum atomic E-state index is 14.5. The highest BCUT2D eigenvalue weighted by Crippen LogP contribution is 2.46. The van der Waals surface area contributed by atoms with E-state index in [0.717, 1.165) is 38.5 Å². The van der Waals surface area contributed by atoms with Gasteiger partial charge in [-0.2, -0.15) is 0 Å². The van der Waals surface area contributed by atoms with Crippen LogP contribution in [-0.4, -0.2) is 83.0 Å². The van der Waals surface area contributed by atoms with Gasteiger partial charge in [-0.15, -0.1) is 0 Å². The molecule has 1 aromatic rings. The van der Waals surface area contributed by atoms with Crippen LogP contribution in [0.5, 0.6) is 0 Å². The zero-order chi connectivity index (χ0) is 34.1. The fraction of sp³-hybridized carbons (Fsp3) is 0.686. The summed E-state index contributed by atoms with van der Waals surface area (Å²) in [7, 11) is 0. The Hall–Kier alpha value is -3.18. The van der Waals surface area contributed by atoms with Crippen molar-refractivity contribution in [3.05, 3.63) is 29.3 Å². The van der Waals surface area contributed by atoms with Crippen LogP contribution >= 0.6 is 11.6 Å². The van der Waals surface area contributed by atoms with Crippen molar-refractivity contribution in [1.82, 2.24) is 15.5 Å². The number of nitrogens with zero attached hydrogens (tertiary/aromatic N) is 2. The van der Waals surface area contributed by atoms with E-state index in [0.29, 0.717) is 17.1 Å². The number of rotatable bonds is 10. The number of hydrogen-bond donors (Lipinski definition) is 3. The van der Waals surface area contributed by atoms with Gasteiger partial charge in [0.15, 0.2) is 6.10 Å². The summed E-state index contributed by atoms with van der Waals surface area (Å²) in [5.41, 5.74) is -0.825. The van der Waals surface area contributed by atoms with Crippen molar-refractivity contribution in [3.63, 3.8) is 0 Å². The molecule has 2 saturated heterocycles. The van der Waals surface area contributed by atoms with Gasteiger partial charge in [0.2, 0.25) is 17.7 Å². The minimum absolute atomic E-state index is 0.0212. The minimum atomic E-state index is -1.58. The number of benzene rings is 1. The summed E-state index contributed by atoms with van der Waals surface area (Å²) in [5, 5.41) is 16.8. The average Bonchev–Trinajstić information content (AvgIpc) is 3.66. The SMILES string of the molecule is C[C@H](OC(=O)C1C[C@@]2(CC(=O)N(c3cccc(Cl)c3)C2)CN1C(=O)C(NC(=O)CC1CCCCC1)C(C)(C)C)C(O)C(=O)NC1CC1. The summed E-state index contributed by atoms with van der Waals surface area (Å²) in [6.45, 7) is 7.40. The van der Waals surface area contributed by atoms with Gasteiger partial charge in [0.1, 0.15) is 18.2 Å². The summed E-state index contributed by atoms with van der Waals surface area (Å²) < 4.78 is 5.66. The Kier molecular flexibility index (Phi) is 10.6. The molecule has 3 unspecified atom stereocenters. The lowest BCUT2D eigenvalue weighted by Gasteiger charge is -2.36. The molecular weight excluding hydrogens is 624 g/mol. The van der Waals surface area contributed by atoms with E-state index in [1.165, 1.54) is 18.2 Å². The lowest BCUT2D eigenvalue weighted by atomic mass is 9.84. The third kappa shape index (κ3) is 8.46. The highest BCUT2D eigenvalue weighted by molar-refractivity contribution is 6.31. The van der Waals surface area contributed by atoms with Crippen LogP contribution in [0.25, 0.3) is 0 Å². The van der Waals surface area contributed by atoms with Crippen molar-refractivity contribution in [2.24, 2.45) is 16.7 Å². The number of hydrogen-bond acceptors (Lipinski definition) is 7. The highest BCUT2D eigenvalue weighted by Gasteiger charge is 2.56. The van der Waals surface area contributed by atoms with E-state index >= 15 is 0 Å². The van der Waals surface area contributed by atoms with Crippen LogP contribution in [-0.2, 0) is 28.7 Å². The zero-order valence-corrected chi connectivity index (χ0v) is 28.7. The smallest absolute Gasteiger partial charge is 0.329 e. The van der Waals surface area contributed by atoms with Gasteiger partial charge in [0, 0.05) is 48.1 Å². The van der Waals surface area contributed by atoms with Crippen LogP contribution in [0.15, 0.2) is 24.3 Å². The second kappa shape index (κ2) is 14.1. The van der Waals surface area contributed by atoms with E-state index in [9.17, 15) is 29.1 Å². The lowest BCUT2D eigenvalue weighted by Crippen LogP contribution is -2.57. The molecule has 4 aliphatic rings. The number of aliphatic hydroxyl groups excluding tert-OH is 1. The van der Waals surface area contributed by atoms with Crippen LogP contribution < -0.4 is 15.5 Å². The maximum absolute atomic E-state index is 14.5. The molecule has 5 atom stereocenters. The summed E-state index contributed by atoms with van der Waals surface area (Å²) in [4.78, 5) is 70.6. The van der Waals surface area contributed by atoms with Gasteiger partial charge >= 0.3 is 5.97 Å². The predicted octanol–water partition coefficient (Wildman–Crippen LogP) is 3.74. The maximum Gasteiger partial charge on any atom is 0.329 e. The number of ether oxygens (including phenoxy) is 1. The Bertz CT molecular complexity index is 1370. The largest absolute Gasteiger partial charge is 0.458 e. The number of nitrogens with one attached hydrogen (secondary N) is 2. The number of halogens is 1. The Balaban J connectivity index is 1.37. The van der Waals surface area contributed by atoms with Crippen molar-refractivity contribution in [1.29, 1.82) is 0 Å².